The molecule has 0 amide bonds. The van der Waals surface area contributed by atoms with E-state index in [2.05, 4.69) is 0 Å². The fourth-order valence-electron chi connectivity index (χ4n) is 2.52. The van der Waals surface area contributed by atoms with Crippen LogP contribution in [0.3, 0.4) is 0 Å². The Kier molecular flexibility index (Phi) is 6.63. The quantitative estimate of drug-likeness (QED) is 0.361. The molecule has 0 N–H and O–H groups in total. The predicted molar refractivity (Wildman–Crippen MR) is 92.6 cm³/mol. The molecular weight excluding hydrogens is 420 g/mol. The lowest BCUT2D eigenvalue weighted by molar-refractivity contribution is 0.312. The molecule has 0 saturated heterocycles. The molecule has 1 unspecified atom stereocenters. The summed E-state index contributed by atoms with van der Waals surface area (Å²) < 4.78 is 105. The Morgan fingerprint density at radius 2 is 1.38 bits per heavy atom. The average Bonchev–Trinajstić information content (AvgIpc) is 2.67. The third kappa shape index (κ3) is 4.25. The first kappa shape index (κ1) is 22.8. The van der Waals surface area contributed by atoms with Gasteiger partial charge in [-0.3, -0.25) is 0 Å². The molecule has 0 aliphatic heterocycles. The fraction of sp³-hybridized carbons (Fsp3) is 0.333. The van der Waals surface area contributed by atoms with Crippen LogP contribution in [0.15, 0.2) is 17.0 Å². The monoisotopic (exact) mass is 437 g/mol. The molecule has 6 nitrogen and oxygen atoms in total. The first-order valence-electron chi connectivity index (χ1n) is 8.23. The van der Waals surface area contributed by atoms with E-state index < -0.39 is 49.8 Å². The largest absolute Gasteiger partial charge is 0.744 e. The second-order valence-electron chi connectivity index (χ2n) is 6.03. The van der Waals surface area contributed by atoms with Crippen molar-refractivity contribution in [2.45, 2.75) is 31.1 Å². The van der Waals surface area contributed by atoms with E-state index in [0.717, 1.165) is 12.0 Å². The molecule has 2 rings (SSSR count). The lowest BCUT2D eigenvalue weighted by atomic mass is 9.98. The normalized spacial score (nSPS) is 12.6. The summed E-state index contributed by atoms with van der Waals surface area (Å²) in [6.45, 7) is 3.83. The maximum Gasteiger partial charge on any atom is 0.211 e. The third-order valence-corrected chi connectivity index (χ3v) is 5.16. The number of hydrogen-bond acceptors (Lipinski definition) is 6. The Morgan fingerprint density at radius 1 is 0.931 bits per heavy atom. The van der Waals surface area contributed by atoms with Crippen molar-refractivity contribution in [2.24, 2.45) is 0 Å². The van der Waals surface area contributed by atoms with E-state index in [9.17, 15) is 30.5 Å². The molecular formula is C18H17F4O6S-. The van der Waals surface area contributed by atoms with Gasteiger partial charge < -0.3 is 18.8 Å². The van der Waals surface area contributed by atoms with Gasteiger partial charge in [-0.25, -0.2) is 17.2 Å². The second kappa shape index (κ2) is 8.46. The lowest BCUT2D eigenvalue weighted by Gasteiger charge is -2.19. The van der Waals surface area contributed by atoms with Gasteiger partial charge in [0, 0.05) is 0 Å². The Bertz CT molecular complexity index is 985. The molecule has 0 fully saturated rings. The molecule has 2 aromatic carbocycles. The molecule has 0 aromatic heterocycles. The predicted octanol–water partition coefficient (Wildman–Crippen LogP) is 4.47. The third-order valence-electron chi connectivity index (χ3n) is 4.30. The first-order valence-corrected chi connectivity index (χ1v) is 9.64. The van der Waals surface area contributed by atoms with Crippen LogP contribution in [0.2, 0.25) is 0 Å². The van der Waals surface area contributed by atoms with Crippen LogP contribution in [0, 0.1) is 23.3 Å². The van der Waals surface area contributed by atoms with Crippen LogP contribution in [0.25, 0.3) is 0 Å². The summed E-state index contributed by atoms with van der Waals surface area (Å²) in [6, 6.07) is 2.98. The van der Waals surface area contributed by atoms with Crippen molar-refractivity contribution >= 4 is 10.1 Å². The Labute approximate surface area is 164 Å². The highest BCUT2D eigenvalue weighted by atomic mass is 32.2. The number of halogens is 4. The molecule has 11 heteroatoms. The van der Waals surface area contributed by atoms with Crippen molar-refractivity contribution in [2.75, 3.05) is 14.2 Å². The van der Waals surface area contributed by atoms with Gasteiger partial charge in [0.25, 0.3) is 0 Å². The molecule has 0 spiro atoms. The van der Waals surface area contributed by atoms with Crippen molar-refractivity contribution in [1.29, 1.82) is 0 Å². The van der Waals surface area contributed by atoms with Gasteiger partial charge >= 0.3 is 0 Å². The maximum absolute atomic E-state index is 14.3. The van der Waals surface area contributed by atoms with Gasteiger partial charge in [-0.05, 0) is 30.0 Å². The molecule has 0 heterocycles. The van der Waals surface area contributed by atoms with E-state index in [1.165, 1.54) is 26.4 Å². The second-order valence-corrected chi connectivity index (χ2v) is 7.35. The van der Waals surface area contributed by atoms with Gasteiger partial charge in [0.2, 0.25) is 23.1 Å². The van der Waals surface area contributed by atoms with Gasteiger partial charge in [0.1, 0.15) is 15.0 Å². The van der Waals surface area contributed by atoms with Gasteiger partial charge in [-0.2, -0.15) is 8.78 Å². The van der Waals surface area contributed by atoms with Crippen LogP contribution in [-0.2, 0) is 10.1 Å². The van der Waals surface area contributed by atoms with E-state index in [4.69, 9.17) is 14.2 Å². The van der Waals surface area contributed by atoms with Crippen molar-refractivity contribution in [3.8, 4) is 23.0 Å². The maximum atomic E-state index is 14.3. The number of rotatable bonds is 7. The number of benzene rings is 2. The highest BCUT2D eigenvalue weighted by Crippen LogP contribution is 2.45. The van der Waals surface area contributed by atoms with Crippen molar-refractivity contribution < 1.29 is 44.7 Å². The van der Waals surface area contributed by atoms with Crippen LogP contribution in [0.5, 0.6) is 23.0 Å². The van der Waals surface area contributed by atoms with Crippen molar-refractivity contribution in [3.63, 3.8) is 0 Å². The summed E-state index contributed by atoms with van der Waals surface area (Å²) in [6.07, 6.45) is 0.747. The van der Waals surface area contributed by atoms with Gasteiger partial charge in [0.15, 0.2) is 23.1 Å². The van der Waals surface area contributed by atoms with Crippen LogP contribution in [0.1, 0.15) is 31.7 Å². The fourth-order valence-corrected chi connectivity index (χ4v) is 3.14. The molecule has 160 valence electrons. The zero-order chi connectivity index (χ0) is 22.1. The van der Waals surface area contributed by atoms with Crippen LogP contribution in [0.4, 0.5) is 17.6 Å². The lowest BCUT2D eigenvalue weighted by Crippen LogP contribution is -2.12. The van der Waals surface area contributed by atoms with E-state index >= 15 is 0 Å². The first-order chi connectivity index (χ1) is 13.5. The molecule has 0 saturated carbocycles. The summed E-state index contributed by atoms with van der Waals surface area (Å²) in [7, 11) is -3.38. The number of methoxy groups -OCH3 is 2. The molecule has 1 atom stereocenters. The van der Waals surface area contributed by atoms with E-state index in [1.54, 1.807) is 0 Å². The minimum absolute atomic E-state index is 0.0526. The van der Waals surface area contributed by atoms with Crippen LogP contribution < -0.4 is 14.2 Å². The zero-order valence-electron chi connectivity index (χ0n) is 15.8. The van der Waals surface area contributed by atoms with E-state index in [-0.39, 0.29) is 17.4 Å². The Hall–Kier alpha value is -2.53. The van der Waals surface area contributed by atoms with Gasteiger partial charge in [0.05, 0.1) is 14.2 Å². The van der Waals surface area contributed by atoms with Crippen LogP contribution in [-0.4, -0.2) is 27.2 Å². The highest BCUT2D eigenvalue weighted by molar-refractivity contribution is 7.85. The summed E-state index contributed by atoms with van der Waals surface area (Å²) >= 11 is 0. The highest BCUT2D eigenvalue weighted by Gasteiger charge is 2.31. The summed E-state index contributed by atoms with van der Waals surface area (Å²) in [5.74, 6) is -11.3. The Morgan fingerprint density at radius 3 is 1.72 bits per heavy atom. The summed E-state index contributed by atoms with van der Waals surface area (Å²) in [4.78, 5) is -2.27. The minimum Gasteiger partial charge on any atom is -0.744 e. The topological polar surface area (TPSA) is 84.9 Å². The van der Waals surface area contributed by atoms with Crippen LogP contribution >= 0.6 is 0 Å². The molecule has 29 heavy (non-hydrogen) atoms. The van der Waals surface area contributed by atoms with Gasteiger partial charge in [-0.15, -0.1) is 0 Å². The molecule has 0 aliphatic rings. The minimum atomic E-state index is -5.83. The Balaban J connectivity index is 2.72. The summed E-state index contributed by atoms with van der Waals surface area (Å²) in [5, 5.41) is 0. The molecule has 0 bridgehead atoms. The summed E-state index contributed by atoms with van der Waals surface area (Å²) in [5.41, 5.74) is 0.736. The standard InChI is InChI=1S/C18H18F4O6S/c1-5-8(2)9-6-10(26-3)16(11(7-9)27-4)28-17-12(19)14(21)18(29(23,24)25)15(22)13(17)20/h6-8H,5H2,1-4H3,(H,23,24,25)/p-1. The molecule has 0 radical (unpaired) electrons. The number of hydrogen-bond donors (Lipinski definition) is 0. The molecule has 0 aliphatic carbocycles. The smallest absolute Gasteiger partial charge is 0.211 e. The SMILES string of the molecule is CCC(C)c1cc(OC)c(Oc2c(F)c(F)c(S(=O)(=O)[O-])c(F)c2F)c(OC)c1. The van der Waals surface area contributed by atoms with Gasteiger partial charge in [-0.1, -0.05) is 13.8 Å². The van der Waals surface area contributed by atoms with E-state index in [1.807, 2.05) is 13.8 Å². The number of ether oxygens (including phenoxy) is 3. The average molecular weight is 437 g/mol. The van der Waals surface area contributed by atoms with E-state index in [0.29, 0.717) is 0 Å². The van der Waals surface area contributed by atoms with Crippen molar-refractivity contribution in [3.05, 3.63) is 41.0 Å². The molecule has 2 aromatic rings. The van der Waals surface area contributed by atoms with Crippen molar-refractivity contribution in [1.82, 2.24) is 0 Å². The zero-order valence-corrected chi connectivity index (χ0v) is 16.6.